The zero-order valence-corrected chi connectivity index (χ0v) is 18.9. The number of nitrogens with one attached hydrogen (secondary N) is 1. The number of aromatic nitrogens is 2. The molecule has 2 aromatic carbocycles. The molecule has 1 amide bonds. The van der Waals surface area contributed by atoms with Gasteiger partial charge in [-0.05, 0) is 49.2 Å². The number of nitrogens with zero attached hydrogens (tertiary/aromatic N) is 4. The van der Waals surface area contributed by atoms with Crippen LogP contribution in [0.1, 0.15) is 23.2 Å². The van der Waals surface area contributed by atoms with Crippen LogP contribution in [0.3, 0.4) is 0 Å². The van der Waals surface area contributed by atoms with E-state index >= 15 is 0 Å². The maximum atomic E-state index is 13.3. The first-order chi connectivity index (χ1) is 16.0. The molecule has 2 aliphatic rings. The highest BCUT2D eigenvalue weighted by atomic mass is 16.5. The van der Waals surface area contributed by atoms with E-state index in [1.807, 2.05) is 41.3 Å². The van der Waals surface area contributed by atoms with Gasteiger partial charge in [-0.1, -0.05) is 12.7 Å². The molecule has 1 saturated heterocycles. The Balaban J connectivity index is 1.41. The molecular formula is C26H27N5O2. The van der Waals surface area contributed by atoms with Gasteiger partial charge in [-0.15, -0.1) is 0 Å². The summed E-state index contributed by atoms with van der Waals surface area (Å²) < 4.78 is 5.44. The van der Waals surface area contributed by atoms with Gasteiger partial charge in [-0.25, -0.2) is 0 Å². The quantitative estimate of drug-likeness (QED) is 0.655. The summed E-state index contributed by atoms with van der Waals surface area (Å²) >= 11 is 0. The molecule has 3 aromatic rings. The number of benzene rings is 2. The molecule has 1 fully saturated rings. The smallest absolute Gasteiger partial charge is 0.253 e. The van der Waals surface area contributed by atoms with Crippen LogP contribution in [0.15, 0.2) is 73.2 Å². The molecule has 5 rings (SSSR count). The normalized spacial score (nSPS) is 18.2. The molecule has 0 saturated carbocycles. The van der Waals surface area contributed by atoms with Crippen LogP contribution in [-0.2, 0) is 0 Å². The van der Waals surface area contributed by atoms with Gasteiger partial charge >= 0.3 is 0 Å². The summed E-state index contributed by atoms with van der Waals surface area (Å²) in [7, 11) is 3.76. The summed E-state index contributed by atoms with van der Waals surface area (Å²) in [6, 6.07) is 11.6. The fourth-order valence-electron chi connectivity index (χ4n) is 4.94. The lowest BCUT2D eigenvalue weighted by molar-refractivity contribution is 0.0694. The number of methoxy groups -OCH3 is 1. The number of hydrogen-bond donors (Lipinski definition) is 1. The number of carbonyl (C=O) groups excluding carboxylic acids is 1. The molecule has 0 aliphatic carbocycles. The van der Waals surface area contributed by atoms with E-state index in [1.54, 1.807) is 19.5 Å². The Bertz CT molecular complexity index is 1260. The molecule has 0 radical (unpaired) electrons. The molecule has 0 atom stereocenters. The monoisotopic (exact) mass is 441 g/mol. The SMILES string of the molecule is C=C/C=C1\N(C)c2ccc(OC)cc2NC12CCN(C(=O)c1ccc3nccnc3c1)CC2. The third kappa shape index (κ3) is 3.59. The van der Waals surface area contributed by atoms with Crippen molar-refractivity contribution in [1.82, 2.24) is 14.9 Å². The molecule has 33 heavy (non-hydrogen) atoms. The van der Waals surface area contributed by atoms with Crippen molar-refractivity contribution in [2.24, 2.45) is 0 Å². The van der Waals surface area contributed by atoms with Crippen LogP contribution in [0.5, 0.6) is 5.75 Å². The lowest BCUT2D eigenvalue weighted by Gasteiger charge is -2.50. The number of carbonyl (C=O) groups is 1. The van der Waals surface area contributed by atoms with Crippen LogP contribution in [-0.4, -0.2) is 53.6 Å². The van der Waals surface area contributed by atoms with Crippen molar-refractivity contribution >= 4 is 28.3 Å². The number of likely N-dealkylation sites (N-methyl/N-ethyl adjacent to an activating group) is 1. The highest BCUT2D eigenvalue weighted by molar-refractivity contribution is 5.97. The van der Waals surface area contributed by atoms with Gasteiger partial charge in [0.1, 0.15) is 5.75 Å². The fraction of sp³-hybridized carbons (Fsp3) is 0.269. The van der Waals surface area contributed by atoms with Crippen molar-refractivity contribution in [3.8, 4) is 5.75 Å². The Morgan fingerprint density at radius 2 is 1.88 bits per heavy atom. The summed E-state index contributed by atoms with van der Waals surface area (Å²) in [5.41, 5.74) is 5.15. The number of ether oxygens (including phenoxy) is 1. The van der Waals surface area contributed by atoms with Crippen LogP contribution in [0.2, 0.25) is 0 Å². The molecular weight excluding hydrogens is 414 g/mol. The number of anilines is 2. The number of rotatable bonds is 3. The third-order valence-electron chi connectivity index (χ3n) is 6.69. The predicted molar refractivity (Wildman–Crippen MR) is 131 cm³/mol. The maximum absolute atomic E-state index is 13.3. The van der Waals surface area contributed by atoms with Gasteiger partial charge in [0.25, 0.3) is 5.91 Å². The van der Waals surface area contributed by atoms with Crippen LogP contribution in [0.25, 0.3) is 11.0 Å². The van der Waals surface area contributed by atoms with Gasteiger partial charge in [0.2, 0.25) is 0 Å². The summed E-state index contributed by atoms with van der Waals surface area (Å²) in [5.74, 6) is 0.839. The standard InChI is InChI=1S/C26H27N5O2/c1-4-5-24-26(29-22-17-19(33-3)7-9-23(22)30(24)2)10-14-31(15-11-26)25(32)18-6-8-20-21(16-18)28-13-12-27-20/h4-9,12-13,16-17,29H,1,10-11,14-15H2,2-3H3/b24-5-. The van der Waals surface area contributed by atoms with Gasteiger partial charge in [-0.3, -0.25) is 14.8 Å². The molecule has 7 nitrogen and oxygen atoms in total. The van der Waals surface area contributed by atoms with Crippen molar-refractivity contribution in [2.75, 3.05) is 37.5 Å². The third-order valence-corrected chi connectivity index (χ3v) is 6.69. The van der Waals surface area contributed by atoms with Gasteiger partial charge < -0.3 is 19.9 Å². The minimum atomic E-state index is -0.284. The Hall–Kier alpha value is -3.87. The van der Waals surface area contributed by atoms with Crippen LogP contribution in [0.4, 0.5) is 11.4 Å². The Morgan fingerprint density at radius 1 is 1.12 bits per heavy atom. The topological polar surface area (TPSA) is 70.6 Å². The second kappa shape index (κ2) is 8.24. The second-order valence-corrected chi connectivity index (χ2v) is 8.49. The van der Waals surface area contributed by atoms with Crippen molar-refractivity contribution in [3.05, 3.63) is 78.8 Å². The van der Waals surface area contributed by atoms with Crippen molar-refractivity contribution in [1.29, 1.82) is 0 Å². The summed E-state index contributed by atoms with van der Waals surface area (Å²) in [4.78, 5) is 26.0. The maximum Gasteiger partial charge on any atom is 0.253 e. The van der Waals surface area contributed by atoms with E-state index in [9.17, 15) is 4.79 Å². The fourth-order valence-corrected chi connectivity index (χ4v) is 4.94. The minimum absolute atomic E-state index is 0.0258. The molecule has 0 unspecified atom stereocenters. The lowest BCUT2D eigenvalue weighted by atomic mass is 9.80. The van der Waals surface area contributed by atoms with Crippen molar-refractivity contribution in [2.45, 2.75) is 18.4 Å². The average Bonchev–Trinajstić information content (AvgIpc) is 2.86. The van der Waals surface area contributed by atoms with Crippen molar-refractivity contribution in [3.63, 3.8) is 0 Å². The van der Waals surface area contributed by atoms with Gasteiger partial charge in [0, 0.05) is 49.9 Å². The van der Waals surface area contributed by atoms with Gasteiger partial charge in [0.05, 0.1) is 35.1 Å². The zero-order chi connectivity index (χ0) is 23.0. The molecule has 3 heterocycles. The Labute approximate surface area is 193 Å². The van der Waals surface area contributed by atoms with E-state index < -0.39 is 0 Å². The highest BCUT2D eigenvalue weighted by Gasteiger charge is 2.44. The summed E-state index contributed by atoms with van der Waals surface area (Å²) in [6.45, 7) is 5.22. The molecule has 7 heteroatoms. The number of amides is 1. The van der Waals surface area contributed by atoms with Crippen LogP contribution >= 0.6 is 0 Å². The highest BCUT2D eigenvalue weighted by Crippen LogP contribution is 2.45. The van der Waals surface area contributed by atoms with E-state index in [1.165, 1.54) is 0 Å². The average molecular weight is 442 g/mol. The number of piperidine rings is 1. The zero-order valence-electron chi connectivity index (χ0n) is 18.9. The largest absolute Gasteiger partial charge is 0.497 e. The number of allylic oxidation sites excluding steroid dienone is 2. The lowest BCUT2D eigenvalue weighted by Crippen LogP contribution is -2.56. The van der Waals surface area contributed by atoms with Gasteiger partial charge in [-0.2, -0.15) is 0 Å². The molecule has 2 aliphatic heterocycles. The second-order valence-electron chi connectivity index (χ2n) is 8.49. The van der Waals surface area contributed by atoms with Crippen molar-refractivity contribution < 1.29 is 9.53 Å². The molecule has 1 spiro atoms. The van der Waals surface area contributed by atoms with E-state index in [0.717, 1.165) is 46.7 Å². The Kier molecular flexibility index (Phi) is 5.24. The first kappa shape index (κ1) is 21.0. The van der Waals surface area contributed by atoms with E-state index in [-0.39, 0.29) is 11.4 Å². The van der Waals surface area contributed by atoms with Crippen LogP contribution < -0.4 is 15.0 Å². The molecule has 168 valence electrons. The molecule has 1 N–H and O–H groups in total. The van der Waals surface area contributed by atoms with Crippen LogP contribution in [0, 0.1) is 0 Å². The number of hydrogen-bond acceptors (Lipinski definition) is 6. The van der Waals surface area contributed by atoms with Gasteiger partial charge in [0.15, 0.2) is 0 Å². The van der Waals surface area contributed by atoms with E-state index in [2.05, 4.69) is 46.0 Å². The number of fused-ring (bicyclic) bond motifs is 2. The van der Waals surface area contributed by atoms with E-state index in [4.69, 9.17) is 4.74 Å². The number of likely N-dealkylation sites (tertiary alicyclic amines) is 1. The first-order valence-corrected chi connectivity index (χ1v) is 11.1. The Morgan fingerprint density at radius 3 is 2.61 bits per heavy atom. The first-order valence-electron chi connectivity index (χ1n) is 11.1. The summed E-state index contributed by atoms with van der Waals surface area (Å²) in [5, 5.41) is 3.78. The molecule has 0 bridgehead atoms. The minimum Gasteiger partial charge on any atom is -0.497 e. The summed E-state index contributed by atoms with van der Waals surface area (Å²) in [6.07, 6.45) is 8.77. The van der Waals surface area contributed by atoms with E-state index in [0.29, 0.717) is 18.7 Å². The predicted octanol–water partition coefficient (Wildman–Crippen LogP) is 4.25. The molecule has 1 aromatic heterocycles.